The van der Waals surface area contributed by atoms with Crippen LogP contribution in [0.25, 0.3) is 0 Å². The van der Waals surface area contributed by atoms with Crippen molar-refractivity contribution >= 4 is 34.9 Å². The van der Waals surface area contributed by atoms with Crippen molar-refractivity contribution in [2.75, 3.05) is 29.2 Å². The number of nitrogens with two attached hydrogens (primary N) is 1. The summed E-state index contributed by atoms with van der Waals surface area (Å²) in [7, 11) is 0. The molecule has 10 nitrogen and oxygen atoms in total. The van der Waals surface area contributed by atoms with Crippen LogP contribution in [0.1, 0.15) is 66.1 Å². The first kappa shape index (κ1) is 24.5. The van der Waals surface area contributed by atoms with Crippen LogP contribution in [0.4, 0.5) is 17.5 Å². The Kier molecular flexibility index (Phi) is 6.94. The molecule has 2 heterocycles. The van der Waals surface area contributed by atoms with Crippen molar-refractivity contribution < 1.29 is 19.1 Å². The summed E-state index contributed by atoms with van der Waals surface area (Å²) in [5.74, 6) is -0.751. The van der Waals surface area contributed by atoms with E-state index in [2.05, 4.69) is 10.3 Å². The van der Waals surface area contributed by atoms with Crippen LogP contribution in [0.2, 0.25) is 0 Å². The van der Waals surface area contributed by atoms with Gasteiger partial charge in [-0.1, -0.05) is 41.5 Å². The summed E-state index contributed by atoms with van der Waals surface area (Å²) in [6.07, 6.45) is -0.235. The van der Waals surface area contributed by atoms with E-state index in [-0.39, 0.29) is 42.3 Å². The van der Waals surface area contributed by atoms with Crippen LogP contribution in [0.5, 0.6) is 0 Å². The molecule has 2 rings (SSSR count). The first-order valence-corrected chi connectivity index (χ1v) is 10.3. The minimum atomic E-state index is -1.03. The zero-order valence-corrected chi connectivity index (χ0v) is 19.4. The van der Waals surface area contributed by atoms with Crippen molar-refractivity contribution in [2.24, 2.45) is 10.8 Å². The van der Waals surface area contributed by atoms with Gasteiger partial charge in [0.15, 0.2) is 17.8 Å². The molecule has 172 valence electrons. The van der Waals surface area contributed by atoms with E-state index in [9.17, 15) is 19.2 Å². The molecular weight excluding hydrogens is 402 g/mol. The predicted octanol–water partition coefficient (Wildman–Crippen LogP) is 2.03. The van der Waals surface area contributed by atoms with Crippen molar-refractivity contribution in [3.63, 3.8) is 0 Å². The summed E-state index contributed by atoms with van der Waals surface area (Å²) in [6, 6.07) is 0. The zero-order valence-electron chi connectivity index (χ0n) is 19.4. The number of nitrogens with one attached hydrogen (secondary N) is 1. The Hall–Kier alpha value is -2.75. The van der Waals surface area contributed by atoms with Gasteiger partial charge in [-0.15, -0.1) is 0 Å². The van der Waals surface area contributed by atoms with Gasteiger partial charge in [0.05, 0.1) is 13.3 Å². The highest BCUT2D eigenvalue weighted by atomic mass is 16.5. The molecule has 0 radical (unpaired) electrons. The fourth-order valence-electron chi connectivity index (χ4n) is 3.11. The standard InChI is InChI=1S/C21H33N5O5/c1-12(27)26-17(30)14-16(24-19(26)22)25(11-23-14)18(15(29)21(5,6)7)31-10-8-9-13(28)20(2,3)4/h18,23H,8-11H2,1-7H3,(H2,22,24). The molecule has 1 unspecified atom stereocenters. The van der Waals surface area contributed by atoms with Gasteiger partial charge in [-0.05, 0) is 6.42 Å². The van der Waals surface area contributed by atoms with E-state index in [1.807, 2.05) is 20.8 Å². The third kappa shape index (κ3) is 5.30. The van der Waals surface area contributed by atoms with Crippen LogP contribution in [0, 0.1) is 10.8 Å². The van der Waals surface area contributed by atoms with Crippen LogP contribution in [0.3, 0.4) is 0 Å². The van der Waals surface area contributed by atoms with Crippen molar-refractivity contribution in [3.05, 3.63) is 10.4 Å². The number of fused-ring (bicyclic) bond motifs is 1. The van der Waals surface area contributed by atoms with E-state index in [1.165, 1.54) is 11.8 Å². The van der Waals surface area contributed by atoms with E-state index in [1.54, 1.807) is 20.8 Å². The molecule has 0 fully saturated rings. The largest absolute Gasteiger partial charge is 0.369 e. The third-order valence-electron chi connectivity index (χ3n) is 5.01. The van der Waals surface area contributed by atoms with Crippen molar-refractivity contribution in [1.29, 1.82) is 0 Å². The Morgan fingerprint density at radius 1 is 1.16 bits per heavy atom. The van der Waals surface area contributed by atoms with Crippen LogP contribution < -0.4 is 21.5 Å². The molecule has 3 N–H and O–H groups in total. The Morgan fingerprint density at radius 3 is 2.29 bits per heavy atom. The van der Waals surface area contributed by atoms with Gasteiger partial charge in [0.1, 0.15) is 11.5 Å². The summed E-state index contributed by atoms with van der Waals surface area (Å²) in [5, 5.41) is 2.89. The second-order valence-corrected chi connectivity index (χ2v) is 9.75. The highest BCUT2D eigenvalue weighted by Gasteiger charge is 2.39. The average molecular weight is 436 g/mol. The molecule has 10 heteroatoms. The topological polar surface area (TPSA) is 137 Å². The smallest absolute Gasteiger partial charge is 0.287 e. The second kappa shape index (κ2) is 8.78. The maximum Gasteiger partial charge on any atom is 0.287 e. The van der Waals surface area contributed by atoms with Gasteiger partial charge in [-0.3, -0.25) is 19.2 Å². The van der Waals surface area contributed by atoms with Crippen molar-refractivity contribution in [2.45, 2.75) is 67.5 Å². The lowest BCUT2D eigenvalue weighted by atomic mass is 9.88. The third-order valence-corrected chi connectivity index (χ3v) is 5.01. The van der Waals surface area contributed by atoms with Crippen LogP contribution in [0.15, 0.2) is 4.79 Å². The number of anilines is 3. The lowest BCUT2D eigenvalue weighted by Crippen LogP contribution is -2.48. The number of nitrogen functional groups attached to an aromatic ring is 1. The number of hydrogen-bond donors (Lipinski definition) is 2. The number of ketones is 2. The highest BCUT2D eigenvalue weighted by Crippen LogP contribution is 2.32. The fraction of sp³-hybridized carbons (Fsp3) is 0.667. The van der Waals surface area contributed by atoms with E-state index in [0.29, 0.717) is 12.8 Å². The minimum absolute atomic E-state index is 0.0858. The average Bonchev–Trinajstić information content (AvgIpc) is 3.03. The number of ether oxygens (including phenoxy) is 1. The molecule has 31 heavy (non-hydrogen) atoms. The van der Waals surface area contributed by atoms with Gasteiger partial charge in [0, 0.05) is 24.2 Å². The quantitative estimate of drug-likeness (QED) is 0.616. The number of nitrogens with zero attached hydrogens (tertiary/aromatic N) is 3. The van der Waals surface area contributed by atoms with Crippen molar-refractivity contribution in [3.8, 4) is 0 Å². The second-order valence-electron chi connectivity index (χ2n) is 9.75. The number of Topliss-reactive ketones (excluding diaryl/α,β-unsaturated/α-hetero) is 2. The predicted molar refractivity (Wildman–Crippen MR) is 118 cm³/mol. The number of aromatic nitrogens is 2. The summed E-state index contributed by atoms with van der Waals surface area (Å²) >= 11 is 0. The first-order valence-electron chi connectivity index (χ1n) is 10.3. The molecule has 1 aromatic heterocycles. The Balaban J connectivity index is 2.30. The van der Waals surface area contributed by atoms with E-state index >= 15 is 0 Å². The summed E-state index contributed by atoms with van der Waals surface area (Å²) in [5.41, 5.74) is 4.12. The molecule has 0 saturated carbocycles. The van der Waals surface area contributed by atoms with Crippen LogP contribution in [-0.2, 0) is 14.3 Å². The van der Waals surface area contributed by atoms with Crippen LogP contribution >= 0.6 is 0 Å². The Morgan fingerprint density at radius 2 is 1.77 bits per heavy atom. The molecule has 0 amide bonds. The van der Waals surface area contributed by atoms with Gasteiger partial charge < -0.3 is 20.7 Å². The van der Waals surface area contributed by atoms with Crippen molar-refractivity contribution in [1.82, 2.24) is 9.55 Å². The van der Waals surface area contributed by atoms with Gasteiger partial charge in [-0.25, -0.2) is 4.57 Å². The minimum Gasteiger partial charge on any atom is -0.369 e. The maximum atomic E-state index is 13.1. The Labute approximate surface area is 182 Å². The van der Waals surface area contributed by atoms with E-state index in [0.717, 1.165) is 4.57 Å². The number of carbonyl (C=O) groups excluding carboxylic acids is 3. The highest BCUT2D eigenvalue weighted by molar-refractivity contribution is 5.92. The molecular formula is C21H33N5O5. The van der Waals surface area contributed by atoms with Gasteiger partial charge in [0.2, 0.25) is 11.9 Å². The number of carbonyl (C=O) groups is 3. The van der Waals surface area contributed by atoms with Gasteiger partial charge >= 0.3 is 0 Å². The molecule has 0 aliphatic carbocycles. The lowest BCUT2D eigenvalue weighted by molar-refractivity contribution is -0.138. The SMILES string of the molecule is CC(=O)n1c(N)nc2c(c1=O)NCN2C(OCCCC(=O)C(C)(C)C)C(=O)C(C)(C)C. The molecule has 0 aromatic carbocycles. The van der Waals surface area contributed by atoms with Gasteiger partial charge in [-0.2, -0.15) is 4.98 Å². The molecule has 1 atom stereocenters. The summed E-state index contributed by atoms with van der Waals surface area (Å²) in [6.45, 7) is 12.4. The van der Waals surface area contributed by atoms with Gasteiger partial charge in [0.25, 0.3) is 5.56 Å². The first-order chi connectivity index (χ1) is 14.2. The molecule has 1 aromatic rings. The molecule has 0 saturated heterocycles. The lowest BCUT2D eigenvalue weighted by Gasteiger charge is -2.32. The van der Waals surface area contributed by atoms with Crippen LogP contribution in [-0.4, -0.2) is 46.5 Å². The maximum absolute atomic E-state index is 13.1. The number of hydrogen-bond acceptors (Lipinski definition) is 9. The molecule has 1 aliphatic heterocycles. The molecule has 0 bridgehead atoms. The molecule has 1 aliphatic rings. The normalized spacial score (nSPS) is 14.7. The monoisotopic (exact) mass is 435 g/mol. The Bertz CT molecular complexity index is 939. The zero-order chi connectivity index (χ0) is 23.7. The fourth-order valence-corrected chi connectivity index (χ4v) is 3.11. The molecule has 0 spiro atoms. The van der Waals surface area contributed by atoms with E-state index in [4.69, 9.17) is 10.5 Å². The number of rotatable bonds is 7. The summed E-state index contributed by atoms with van der Waals surface area (Å²) in [4.78, 5) is 55.4. The summed E-state index contributed by atoms with van der Waals surface area (Å²) < 4.78 is 6.69. The van der Waals surface area contributed by atoms with E-state index < -0.39 is 28.5 Å².